The maximum Gasteiger partial charge on any atom is 0.174 e. The normalized spacial score (nSPS) is 19.6. The van der Waals surface area contributed by atoms with Crippen LogP contribution in [0.2, 0.25) is 0 Å². The fourth-order valence-electron chi connectivity index (χ4n) is 4.54. The first-order valence-electron chi connectivity index (χ1n) is 11.0. The molecule has 3 nitrogen and oxygen atoms in total. The van der Waals surface area contributed by atoms with Gasteiger partial charge in [0.05, 0.1) is 5.30 Å². The van der Waals surface area contributed by atoms with Gasteiger partial charge in [-0.1, -0.05) is 98.7 Å². The first-order chi connectivity index (χ1) is 14.2. The standard InChI is InChI=1S/C26H38O3P2/c1-24(2,3)30-22-20(28-18-19-14-11-10-12-15-19)16-13-17-21(22)29-23(30)31(27,25(4,5)6)26(7,8)9/h10-17,23H,18H2,1-9H3/t23-,30?/m0/s1. The summed E-state index contributed by atoms with van der Waals surface area (Å²) >= 11 is 0. The van der Waals surface area contributed by atoms with Gasteiger partial charge < -0.3 is 14.0 Å². The zero-order chi connectivity index (χ0) is 23.2. The summed E-state index contributed by atoms with van der Waals surface area (Å²) in [5.74, 6) is 1.70. The van der Waals surface area contributed by atoms with Crippen LogP contribution in [-0.4, -0.2) is 21.1 Å². The van der Waals surface area contributed by atoms with Crippen LogP contribution in [0.5, 0.6) is 11.5 Å². The number of rotatable bonds is 4. The first kappa shape index (κ1) is 24.3. The van der Waals surface area contributed by atoms with E-state index in [9.17, 15) is 4.57 Å². The van der Waals surface area contributed by atoms with E-state index in [-0.39, 0.29) is 21.1 Å². The summed E-state index contributed by atoms with van der Waals surface area (Å²) in [5, 5.41) is 0.313. The lowest BCUT2D eigenvalue weighted by Gasteiger charge is -2.47. The second-order valence-electron chi connectivity index (χ2n) is 11.4. The van der Waals surface area contributed by atoms with Crippen molar-refractivity contribution in [3.63, 3.8) is 0 Å². The molecular weight excluding hydrogens is 422 g/mol. The third kappa shape index (κ3) is 4.46. The van der Waals surface area contributed by atoms with Crippen molar-refractivity contribution >= 4 is 20.4 Å². The highest BCUT2D eigenvalue weighted by atomic mass is 31.2. The Morgan fingerprint density at radius 3 is 1.97 bits per heavy atom. The maximum absolute atomic E-state index is 14.9. The lowest BCUT2D eigenvalue weighted by Crippen LogP contribution is -2.38. The molecule has 0 radical (unpaired) electrons. The Kier molecular flexibility index (Phi) is 6.47. The van der Waals surface area contributed by atoms with Crippen LogP contribution in [0.3, 0.4) is 0 Å². The van der Waals surface area contributed by atoms with Crippen LogP contribution in [0.15, 0.2) is 48.5 Å². The molecule has 0 spiro atoms. The van der Waals surface area contributed by atoms with Crippen LogP contribution in [0.4, 0.5) is 0 Å². The van der Waals surface area contributed by atoms with Crippen LogP contribution in [0.25, 0.3) is 0 Å². The monoisotopic (exact) mass is 460 g/mol. The minimum atomic E-state index is -2.82. The summed E-state index contributed by atoms with van der Waals surface area (Å²) < 4.78 is 27.9. The van der Waals surface area contributed by atoms with E-state index in [0.29, 0.717) is 6.61 Å². The fourth-order valence-corrected chi connectivity index (χ4v) is 15.4. The largest absolute Gasteiger partial charge is 0.488 e. The van der Waals surface area contributed by atoms with Crippen molar-refractivity contribution in [1.29, 1.82) is 0 Å². The minimum Gasteiger partial charge on any atom is -0.488 e. The van der Waals surface area contributed by atoms with Crippen LogP contribution < -0.4 is 14.8 Å². The Morgan fingerprint density at radius 1 is 0.871 bits per heavy atom. The highest BCUT2D eigenvalue weighted by molar-refractivity contribution is 7.84. The van der Waals surface area contributed by atoms with Crippen molar-refractivity contribution in [3.05, 3.63) is 54.1 Å². The molecule has 5 heteroatoms. The number of hydrogen-bond acceptors (Lipinski definition) is 3. The molecule has 3 rings (SSSR count). The van der Waals surface area contributed by atoms with Crippen LogP contribution in [0.1, 0.15) is 67.9 Å². The number of hydrogen-bond donors (Lipinski definition) is 0. The van der Waals surface area contributed by atoms with Gasteiger partial charge in [0, 0.05) is 10.3 Å². The summed E-state index contributed by atoms with van der Waals surface area (Å²) in [6.45, 7) is 19.9. The summed E-state index contributed by atoms with van der Waals surface area (Å²) in [6.07, 6.45) is 0. The molecule has 2 aromatic carbocycles. The third-order valence-electron chi connectivity index (χ3n) is 5.92. The van der Waals surface area contributed by atoms with E-state index in [4.69, 9.17) is 9.47 Å². The molecule has 0 aromatic heterocycles. The summed E-state index contributed by atoms with van der Waals surface area (Å²) in [4.78, 5) is 0. The Bertz CT molecular complexity index is 945. The smallest absolute Gasteiger partial charge is 0.174 e. The Morgan fingerprint density at radius 2 is 1.45 bits per heavy atom. The van der Waals surface area contributed by atoms with Crippen molar-refractivity contribution in [2.45, 2.75) is 90.0 Å². The molecule has 0 fully saturated rings. The molecule has 1 unspecified atom stereocenters. The second kappa shape index (κ2) is 8.24. The summed E-state index contributed by atoms with van der Waals surface area (Å²) in [7, 11) is -3.71. The van der Waals surface area contributed by atoms with Gasteiger partial charge >= 0.3 is 0 Å². The fraction of sp³-hybridized carbons (Fsp3) is 0.538. The van der Waals surface area contributed by atoms with Gasteiger partial charge in [-0.2, -0.15) is 0 Å². The summed E-state index contributed by atoms with van der Waals surface area (Å²) in [5.41, 5.74) is 0.810. The molecule has 31 heavy (non-hydrogen) atoms. The second-order valence-corrected chi connectivity index (χ2v) is 19.2. The van der Waals surface area contributed by atoms with E-state index in [1.165, 1.54) is 0 Å². The molecule has 0 N–H and O–H groups in total. The lowest BCUT2D eigenvalue weighted by atomic mass is 10.2. The number of ether oxygens (including phenoxy) is 2. The Balaban J connectivity index is 2.10. The molecule has 2 atom stereocenters. The molecule has 2 aromatic rings. The molecule has 0 saturated carbocycles. The van der Waals surface area contributed by atoms with Crippen molar-refractivity contribution in [2.75, 3.05) is 0 Å². The quantitative estimate of drug-likeness (QED) is 0.437. The first-order valence-corrected chi connectivity index (χ1v) is 14.2. The van der Waals surface area contributed by atoms with Gasteiger partial charge in [-0.25, -0.2) is 0 Å². The number of fused-ring (bicyclic) bond motifs is 1. The lowest BCUT2D eigenvalue weighted by molar-refractivity contribution is 0.306. The van der Waals surface area contributed by atoms with E-state index in [2.05, 4.69) is 74.4 Å². The molecule has 1 heterocycles. The van der Waals surface area contributed by atoms with Gasteiger partial charge in [0.25, 0.3) is 0 Å². The zero-order valence-corrected chi connectivity index (χ0v) is 22.3. The van der Waals surface area contributed by atoms with Crippen molar-refractivity contribution in [3.8, 4) is 11.5 Å². The highest BCUT2D eigenvalue weighted by Crippen LogP contribution is 2.80. The van der Waals surface area contributed by atoms with Gasteiger partial charge in [0.1, 0.15) is 25.2 Å². The molecule has 0 amide bonds. The van der Waals surface area contributed by atoms with Crippen molar-refractivity contribution in [1.82, 2.24) is 0 Å². The maximum atomic E-state index is 14.9. The third-order valence-corrected chi connectivity index (χ3v) is 15.2. The molecule has 0 saturated heterocycles. The minimum absolute atomic E-state index is 0.0797. The number of benzene rings is 2. The van der Waals surface area contributed by atoms with Gasteiger partial charge in [0.15, 0.2) is 5.59 Å². The van der Waals surface area contributed by atoms with Crippen molar-refractivity contribution in [2.24, 2.45) is 0 Å². The average molecular weight is 461 g/mol. The van der Waals surface area contributed by atoms with E-state index in [1.54, 1.807) is 0 Å². The van der Waals surface area contributed by atoms with E-state index < -0.39 is 15.1 Å². The van der Waals surface area contributed by atoms with E-state index in [1.807, 2.05) is 36.4 Å². The predicted octanol–water partition coefficient (Wildman–Crippen LogP) is 7.81. The molecular formula is C26H38O3P2. The Labute approximate surface area is 190 Å². The molecule has 0 bridgehead atoms. The van der Waals surface area contributed by atoms with Crippen LogP contribution in [0, 0.1) is 0 Å². The van der Waals surface area contributed by atoms with Gasteiger partial charge in [-0.15, -0.1) is 0 Å². The van der Waals surface area contributed by atoms with Gasteiger partial charge in [-0.3, -0.25) is 0 Å². The van der Waals surface area contributed by atoms with Gasteiger partial charge in [0.2, 0.25) is 0 Å². The molecule has 170 valence electrons. The van der Waals surface area contributed by atoms with Crippen LogP contribution in [-0.2, 0) is 11.2 Å². The summed E-state index contributed by atoms with van der Waals surface area (Å²) in [6, 6.07) is 16.2. The molecule has 0 aliphatic carbocycles. The molecule has 1 aliphatic heterocycles. The topological polar surface area (TPSA) is 35.5 Å². The predicted molar refractivity (Wildman–Crippen MR) is 135 cm³/mol. The SMILES string of the molecule is CC(C)(C)P1c2c(OCc3ccccc3)cccc2O[C@@H]1P(=O)(C(C)(C)C)C(C)(C)C. The van der Waals surface area contributed by atoms with E-state index in [0.717, 1.165) is 22.4 Å². The van der Waals surface area contributed by atoms with Gasteiger partial charge in [-0.05, 0) is 30.8 Å². The average Bonchev–Trinajstić information content (AvgIpc) is 3.05. The van der Waals surface area contributed by atoms with Crippen molar-refractivity contribution < 1.29 is 14.0 Å². The van der Waals surface area contributed by atoms with E-state index >= 15 is 0 Å². The Hall–Kier alpha value is -1.30. The zero-order valence-electron chi connectivity index (χ0n) is 20.5. The molecule has 1 aliphatic rings. The van der Waals surface area contributed by atoms with Crippen LogP contribution >= 0.6 is 15.1 Å². The highest BCUT2D eigenvalue weighted by Gasteiger charge is 2.60.